The van der Waals surface area contributed by atoms with E-state index in [0.29, 0.717) is 0 Å². The van der Waals surface area contributed by atoms with Crippen LogP contribution >= 0.6 is 0 Å². The Labute approximate surface area is 299 Å². The van der Waals surface area contributed by atoms with Gasteiger partial charge >= 0.3 is 23.9 Å². The van der Waals surface area contributed by atoms with Gasteiger partial charge in [0.25, 0.3) is 0 Å². The average molecular weight is 723 g/mol. The number of rotatable bonds is 6. The third-order valence-corrected chi connectivity index (χ3v) is 10.2. The molecule has 14 nitrogen and oxygen atoms in total. The molecule has 3 fully saturated rings. The van der Waals surface area contributed by atoms with Gasteiger partial charge in [0.1, 0.15) is 23.9 Å². The molecule has 0 aromatic heterocycles. The van der Waals surface area contributed by atoms with Crippen molar-refractivity contribution in [2.24, 2.45) is 17.3 Å². The van der Waals surface area contributed by atoms with Gasteiger partial charge in [-0.3, -0.25) is 19.2 Å². The summed E-state index contributed by atoms with van der Waals surface area (Å²) in [5.41, 5.74) is -7.57. The molecule has 0 amide bonds. The van der Waals surface area contributed by atoms with Crippen LogP contribution in [0.5, 0.6) is 0 Å². The van der Waals surface area contributed by atoms with Gasteiger partial charge in [-0.15, -0.1) is 0 Å². The molecule has 3 N–H and O–H groups in total. The van der Waals surface area contributed by atoms with Gasteiger partial charge in [0.05, 0.1) is 34.7 Å². The summed E-state index contributed by atoms with van der Waals surface area (Å²) in [6, 6.07) is 15.0. The maximum Gasteiger partial charge on any atom is 0.338 e. The Morgan fingerprint density at radius 2 is 1.27 bits per heavy atom. The predicted molar refractivity (Wildman–Crippen MR) is 178 cm³/mol. The maximum absolute atomic E-state index is 14.9. The Bertz CT molecular complexity index is 1770. The van der Waals surface area contributed by atoms with Crippen molar-refractivity contribution in [1.29, 1.82) is 0 Å². The molecule has 52 heavy (non-hydrogen) atoms. The van der Waals surface area contributed by atoms with E-state index in [1.54, 1.807) is 12.1 Å². The zero-order chi connectivity index (χ0) is 38.5. The van der Waals surface area contributed by atoms with Crippen LogP contribution in [0.1, 0.15) is 62.3 Å². The molecular weight excluding hydrogens is 680 g/mol. The average Bonchev–Trinajstić information content (AvgIpc) is 3.90. The number of carbonyl (C=O) groups excluding carboxylic acids is 6. The molecule has 0 bridgehead atoms. The quantitative estimate of drug-likeness (QED) is 0.168. The van der Waals surface area contributed by atoms with Crippen molar-refractivity contribution in [3.05, 3.63) is 83.9 Å². The summed E-state index contributed by atoms with van der Waals surface area (Å²) in [6.45, 7) is 11.3. The van der Waals surface area contributed by atoms with E-state index in [0.717, 1.165) is 20.8 Å². The Hall–Kier alpha value is -4.76. The summed E-state index contributed by atoms with van der Waals surface area (Å²) in [5, 5.41) is 35.8. The van der Waals surface area contributed by atoms with E-state index in [2.05, 4.69) is 6.58 Å². The normalized spacial score (nSPS) is 35.5. The molecule has 278 valence electrons. The molecule has 1 saturated heterocycles. The summed E-state index contributed by atoms with van der Waals surface area (Å²) >= 11 is 0. The van der Waals surface area contributed by atoms with Crippen LogP contribution in [0.2, 0.25) is 0 Å². The second-order valence-corrected chi connectivity index (χ2v) is 14.2. The van der Waals surface area contributed by atoms with Gasteiger partial charge in [0, 0.05) is 25.3 Å². The van der Waals surface area contributed by atoms with Crippen LogP contribution in [0.25, 0.3) is 0 Å². The van der Waals surface area contributed by atoms with Crippen LogP contribution in [-0.4, -0.2) is 105 Å². The van der Waals surface area contributed by atoms with Crippen LogP contribution < -0.4 is 0 Å². The number of ether oxygens (including phenoxy) is 5. The van der Waals surface area contributed by atoms with Crippen LogP contribution in [0.4, 0.5) is 0 Å². The molecule has 0 spiro atoms. The lowest BCUT2D eigenvalue weighted by Crippen LogP contribution is -2.63. The number of aliphatic hydroxyl groups is 3. The van der Waals surface area contributed by atoms with E-state index in [9.17, 15) is 44.1 Å². The maximum atomic E-state index is 14.9. The molecule has 1 aliphatic heterocycles. The number of aliphatic hydroxyl groups excluding tert-OH is 2. The third-order valence-electron chi connectivity index (χ3n) is 10.2. The van der Waals surface area contributed by atoms with Gasteiger partial charge < -0.3 is 39.0 Å². The van der Waals surface area contributed by atoms with Gasteiger partial charge in [-0.1, -0.05) is 63.7 Å². The summed E-state index contributed by atoms with van der Waals surface area (Å²) in [5.74, 6) is -9.48. The summed E-state index contributed by atoms with van der Waals surface area (Å²) in [7, 11) is 0. The Morgan fingerprint density at radius 3 is 1.75 bits per heavy atom. The first kappa shape index (κ1) is 38.5. The van der Waals surface area contributed by atoms with Gasteiger partial charge in [-0.05, 0) is 31.2 Å². The van der Waals surface area contributed by atoms with E-state index in [-0.39, 0.29) is 11.1 Å². The number of benzene rings is 2. The van der Waals surface area contributed by atoms with Crippen molar-refractivity contribution in [2.75, 3.05) is 0 Å². The minimum absolute atomic E-state index is 0.000907. The fourth-order valence-electron chi connectivity index (χ4n) is 7.47. The van der Waals surface area contributed by atoms with Gasteiger partial charge in [0.15, 0.2) is 23.8 Å². The van der Waals surface area contributed by atoms with Crippen molar-refractivity contribution >= 4 is 35.4 Å². The van der Waals surface area contributed by atoms with E-state index in [1.807, 2.05) is 0 Å². The Balaban J connectivity index is 1.82. The van der Waals surface area contributed by atoms with Crippen molar-refractivity contribution in [2.45, 2.75) is 95.5 Å². The molecule has 11 atom stereocenters. The highest BCUT2D eigenvalue weighted by Crippen LogP contribution is 2.55. The number of Topliss-reactive ketones (excluding diaryl/α,β-unsaturated/α-hetero) is 2. The van der Waals surface area contributed by atoms with E-state index >= 15 is 0 Å². The van der Waals surface area contributed by atoms with Crippen LogP contribution in [-0.2, 0) is 42.9 Å². The molecule has 14 heteroatoms. The molecule has 2 saturated carbocycles. The van der Waals surface area contributed by atoms with Crippen LogP contribution in [0, 0.1) is 17.3 Å². The van der Waals surface area contributed by atoms with E-state index < -0.39 is 112 Å². The summed E-state index contributed by atoms with van der Waals surface area (Å²) < 4.78 is 28.9. The van der Waals surface area contributed by atoms with Gasteiger partial charge in [-0.25, -0.2) is 9.59 Å². The second-order valence-electron chi connectivity index (χ2n) is 14.2. The highest BCUT2D eigenvalue weighted by molar-refractivity contribution is 5.96. The Morgan fingerprint density at radius 1 is 0.769 bits per heavy atom. The van der Waals surface area contributed by atoms with Crippen LogP contribution in [0.3, 0.4) is 0 Å². The molecule has 0 radical (unpaired) electrons. The summed E-state index contributed by atoms with van der Waals surface area (Å²) in [6.07, 6.45) is -12.7. The third kappa shape index (κ3) is 6.55. The number of ketones is 2. The second kappa shape index (κ2) is 14.0. The lowest BCUT2D eigenvalue weighted by Gasteiger charge is -2.43. The molecule has 3 aliphatic rings. The fourth-order valence-corrected chi connectivity index (χ4v) is 7.47. The fraction of sp³-hybridized carbons (Fsp3) is 0.474. The zero-order valence-electron chi connectivity index (χ0n) is 29.5. The van der Waals surface area contributed by atoms with Crippen molar-refractivity contribution in [3.8, 4) is 0 Å². The lowest BCUT2D eigenvalue weighted by atomic mass is 9.70. The number of fused-ring (bicyclic) bond motifs is 2. The molecule has 5 rings (SSSR count). The number of hydrogen-bond donors (Lipinski definition) is 3. The number of carbonyl (C=O) groups is 6. The van der Waals surface area contributed by atoms with Crippen molar-refractivity contribution < 1.29 is 67.8 Å². The molecule has 2 aromatic carbocycles. The minimum atomic E-state index is -2.86. The first-order chi connectivity index (χ1) is 24.3. The highest BCUT2D eigenvalue weighted by atomic mass is 16.6. The smallest absolute Gasteiger partial charge is 0.338 e. The van der Waals surface area contributed by atoms with Crippen LogP contribution in [0.15, 0.2) is 72.8 Å². The molecule has 2 aromatic rings. The van der Waals surface area contributed by atoms with Gasteiger partial charge in [-0.2, -0.15) is 0 Å². The first-order valence-corrected chi connectivity index (χ1v) is 16.7. The van der Waals surface area contributed by atoms with Gasteiger partial charge in [0.2, 0.25) is 5.60 Å². The zero-order valence-corrected chi connectivity index (χ0v) is 29.5. The number of epoxide rings is 1. The molecular formula is C38H42O14. The molecule has 0 unspecified atom stereocenters. The van der Waals surface area contributed by atoms with Crippen molar-refractivity contribution in [1.82, 2.24) is 0 Å². The highest BCUT2D eigenvalue weighted by Gasteiger charge is 2.77. The van der Waals surface area contributed by atoms with Crippen molar-refractivity contribution in [3.63, 3.8) is 0 Å². The molecule has 2 aliphatic carbocycles. The lowest BCUT2D eigenvalue weighted by molar-refractivity contribution is -0.196. The number of hydrogen-bond acceptors (Lipinski definition) is 14. The minimum Gasteiger partial charge on any atom is -0.459 e. The predicted octanol–water partition coefficient (Wildman–Crippen LogP) is 1.91. The SMILES string of the molecule is C=C1[C@H](OC(=O)c2ccccc2)[C@@H]2[C@@H](OC(C)=O)[C@](C)(O)[C@H](O)[C@]2(OC(C)=O)C(=O)[C@H](C)[C@H]2O[C@H]2C(C)(C)C(=O)[C@H](O)[C@H]1OC(=O)c1ccccc1. The first-order valence-electron chi connectivity index (χ1n) is 16.7. The monoisotopic (exact) mass is 722 g/mol. The largest absolute Gasteiger partial charge is 0.459 e. The standard InChI is InChI=1S/C38H42O14/c1-18-26(50-33(44)22-14-10-8-11-15-22)24-31(48-20(3)39)37(7,47)35(46)38(24,52-21(4)40)29(42)19(2)28-32(49-28)36(5,6)30(43)25(41)27(18)51-34(45)23-16-12-9-13-17-23/h8-17,19,24-28,31-32,35,41,46-47H,1H2,2-7H3/t19-,24-,25-,26+,27+,28-,31-,32-,35+,37+,38-/m1/s1. The summed E-state index contributed by atoms with van der Waals surface area (Å²) in [4.78, 5) is 82.1. The number of esters is 4. The van der Waals surface area contributed by atoms with E-state index in [4.69, 9.17) is 23.7 Å². The molecule has 1 heterocycles. The van der Waals surface area contributed by atoms with E-state index in [1.165, 1.54) is 69.3 Å². The Kier molecular flexibility index (Phi) is 10.4. The topological polar surface area (TPSA) is 213 Å².